The quantitative estimate of drug-likeness (QED) is 0.505. The SMILES string of the molecule is COCCCN(CCC(=O)N1CCNCC1)C(=O)c1cccc(Br)c1.O=C(O)C(F)(F)F. The van der Waals surface area contributed by atoms with E-state index in [4.69, 9.17) is 14.6 Å². The molecule has 0 aromatic heterocycles. The number of nitrogens with one attached hydrogen (secondary N) is 1. The number of aliphatic carboxylic acids is 1. The fraction of sp³-hybridized carbons (Fsp3) is 0.550. The molecule has 0 atom stereocenters. The molecule has 1 saturated heterocycles. The van der Waals surface area contributed by atoms with E-state index in [0.29, 0.717) is 31.7 Å². The van der Waals surface area contributed by atoms with Gasteiger partial charge in [0.25, 0.3) is 5.91 Å². The van der Waals surface area contributed by atoms with Gasteiger partial charge in [0.2, 0.25) is 5.91 Å². The van der Waals surface area contributed by atoms with Crippen LogP contribution in [0.2, 0.25) is 0 Å². The molecule has 8 nitrogen and oxygen atoms in total. The zero-order valence-electron chi connectivity index (χ0n) is 17.7. The van der Waals surface area contributed by atoms with Crippen LogP contribution >= 0.6 is 15.9 Å². The second-order valence-corrected chi connectivity index (χ2v) is 7.75. The number of nitrogens with zero attached hydrogens (tertiary/aromatic N) is 2. The number of benzene rings is 1. The van der Waals surface area contributed by atoms with Crippen LogP contribution in [0.3, 0.4) is 0 Å². The highest BCUT2D eigenvalue weighted by molar-refractivity contribution is 9.10. The van der Waals surface area contributed by atoms with Crippen LogP contribution in [-0.4, -0.2) is 91.9 Å². The van der Waals surface area contributed by atoms with Crippen molar-refractivity contribution in [1.82, 2.24) is 15.1 Å². The Kier molecular flexibility index (Phi) is 12.2. The first kappa shape index (κ1) is 27.9. The molecule has 0 unspecified atom stereocenters. The third-order valence-corrected chi connectivity index (χ3v) is 4.94. The van der Waals surface area contributed by atoms with Crippen molar-refractivity contribution in [2.75, 3.05) is 53.0 Å². The van der Waals surface area contributed by atoms with Gasteiger partial charge >= 0.3 is 12.1 Å². The second kappa shape index (κ2) is 14.1. The molecule has 2 rings (SSSR count). The molecule has 1 aliphatic heterocycles. The highest BCUT2D eigenvalue weighted by atomic mass is 79.9. The lowest BCUT2D eigenvalue weighted by molar-refractivity contribution is -0.192. The number of rotatable bonds is 8. The summed E-state index contributed by atoms with van der Waals surface area (Å²) in [5.41, 5.74) is 0.626. The predicted molar refractivity (Wildman–Crippen MR) is 114 cm³/mol. The van der Waals surface area contributed by atoms with Crippen LogP contribution < -0.4 is 5.32 Å². The molecule has 0 bridgehead atoms. The molecule has 0 aliphatic carbocycles. The Morgan fingerprint density at radius 3 is 2.38 bits per heavy atom. The van der Waals surface area contributed by atoms with Crippen LogP contribution in [0.1, 0.15) is 23.2 Å². The summed E-state index contributed by atoms with van der Waals surface area (Å²) in [6.07, 6.45) is -3.98. The van der Waals surface area contributed by atoms with Gasteiger partial charge < -0.3 is 25.0 Å². The van der Waals surface area contributed by atoms with Gasteiger partial charge in [0.1, 0.15) is 0 Å². The van der Waals surface area contributed by atoms with E-state index in [1.807, 2.05) is 23.1 Å². The second-order valence-electron chi connectivity index (χ2n) is 6.83. The number of carboxylic acid groups (broad SMARTS) is 1. The van der Waals surface area contributed by atoms with Gasteiger partial charge in [-0.15, -0.1) is 0 Å². The minimum atomic E-state index is -5.08. The van der Waals surface area contributed by atoms with E-state index in [1.165, 1.54) is 0 Å². The number of alkyl halides is 3. The first-order valence-electron chi connectivity index (χ1n) is 9.88. The Morgan fingerprint density at radius 2 is 1.84 bits per heavy atom. The number of carbonyl (C=O) groups excluding carboxylic acids is 2. The molecule has 0 saturated carbocycles. The lowest BCUT2D eigenvalue weighted by Crippen LogP contribution is -2.47. The summed E-state index contributed by atoms with van der Waals surface area (Å²) in [7, 11) is 1.65. The van der Waals surface area contributed by atoms with E-state index in [0.717, 1.165) is 37.1 Å². The highest BCUT2D eigenvalue weighted by Crippen LogP contribution is 2.15. The molecular weight excluding hydrogens is 499 g/mol. The molecule has 1 aliphatic rings. The summed E-state index contributed by atoms with van der Waals surface area (Å²) in [4.78, 5) is 37.7. The number of halogens is 4. The average molecular weight is 526 g/mol. The zero-order chi connectivity index (χ0) is 24.1. The van der Waals surface area contributed by atoms with Gasteiger partial charge in [-0.2, -0.15) is 13.2 Å². The molecule has 180 valence electrons. The molecule has 1 fully saturated rings. The van der Waals surface area contributed by atoms with Gasteiger partial charge in [-0.05, 0) is 24.6 Å². The van der Waals surface area contributed by atoms with Gasteiger partial charge in [-0.3, -0.25) is 9.59 Å². The number of methoxy groups -OCH3 is 1. The molecule has 12 heteroatoms. The maximum absolute atomic E-state index is 12.8. The van der Waals surface area contributed by atoms with Crippen LogP contribution in [0.15, 0.2) is 28.7 Å². The molecule has 32 heavy (non-hydrogen) atoms. The summed E-state index contributed by atoms with van der Waals surface area (Å²) in [6.45, 7) is 4.74. The zero-order valence-corrected chi connectivity index (χ0v) is 19.2. The Hall–Kier alpha value is -2.18. The number of hydrogen-bond donors (Lipinski definition) is 2. The van der Waals surface area contributed by atoms with Crippen molar-refractivity contribution < 1.29 is 37.4 Å². The van der Waals surface area contributed by atoms with Crippen molar-refractivity contribution >= 4 is 33.7 Å². The van der Waals surface area contributed by atoms with Crippen molar-refractivity contribution in [3.63, 3.8) is 0 Å². The number of hydrogen-bond acceptors (Lipinski definition) is 5. The average Bonchev–Trinajstić information content (AvgIpc) is 2.76. The number of carbonyl (C=O) groups is 3. The molecule has 2 amide bonds. The number of ether oxygens (including phenoxy) is 1. The maximum Gasteiger partial charge on any atom is 0.490 e. The van der Waals surface area contributed by atoms with Gasteiger partial charge in [0.05, 0.1) is 0 Å². The smallest absolute Gasteiger partial charge is 0.475 e. The summed E-state index contributed by atoms with van der Waals surface area (Å²) < 4.78 is 37.7. The van der Waals surface area contributed by atoms with Crippen molar-refractivity contribution in [1.29, 1.82) is 0 Å². The normalized spacial score (nSPS) is 13.7. The Bertz CT molecular complexity index is 758. The Balaban J connectivity index is 0.000000633. The highest BCUT2D eigenvalue weighted by Gasteiger charge is 2.38. The van der Waals surface area contributed by atoms with Gasteiger partial charge in [-0.1, -0.05) is 22.0 Å². The lowest BCUT2D eigenvalue weighted by atomic mass is 10.2. The van der Waals surface area contributed by atoms with Crippen LogP contribution in [0.5, 0.6) is 0 Å². The lowest BCUT2D eigenvalue weighted by Gasteiger charge is -2.29. The number of carboxylic acids is 1. The van der Waals surface area contributed by atoms with Crippen LogP contribution in [0.25, 0.3) is 0 Å². The first-order valence-corrected chi connectivity index (χ1v) is 10.7. The molecule has 1 aromatic carbocycles. The van der Waals surface area contributed by atoms with E-state index in [-0.39, 0.29) is 11.8 Å². The topological polar surface area (TPSA) is 99.2 Å². The number of amides is 2. The number of piperazine rings is 1. The fourth-order valence-corrected chi connectivity index (χ4v) is 3.22. The van der Waals surface area contributed by atoms with Crippen molar-refractivity contribution in [3.05, 3.63) is 34.3 Å². The first-order chi connectivity index (χ1) is 15.1. The maximum atomic E-state index is 12.8. The van der Waals surface area contributed by atoms with E-state index in [2.05, 4.69) is 21.2 Å². The standard InChI is InChI=1S/C18H26BrN3O3.C2HF3O2/c1-25-13-3-9-22(18(24)15-4-2-5-16(19)14-15)10-6-17(23)21-11-7-20-8-12-21;3-2(4,5)1(6)7/h2,4-5,14,20H,3,6-13H2,1H3;(H,6,7). The van der Waals surface area contributed by atoms with Crippen LogP contribution in [0.4, 0.5) is 13.2 Å². The van der Waals surface area contributed by atoms with E-state index in [9.17, 15) is 22.8 Å². The van der Waals surface area contributed by atoms with E-state index >= 15 is 0 Å². The molecule has 1 heterocycles. The minimum Gasteiger partial charge on any atom is -0.475 e. The monoisotopic (exact) mass is 525 g/mol. The predicted octanol–water partition coefficient (Wildman–Crippen LogP) is 2.38. The van der Waals surface area contributed by atoms with Crippen molar-refractivity contribution in [3.8, 4) is 0 Å². The van der Waals surface area contributed by atoms with Gasteiger partial charge in [-0.25, -0.2) is 4.79 Å². The third kappa shape index (κ3) is 10.4. The molecular formula is C20H27BrF3N3O5. The summed E-state index contributed by atoms with van der Waals surface area (Å²) in [5, 5.41) is 10.4. The third-order valence-electron chi connectivity index (χ3n) is 4.44. The molecule has 0 radical (unpaired) electrons. The Labute approximate surface area is 192 Å². The molecule has 0 spiro atoms. The molecule has 1 aromatic rings. The molecule has 2 N–H and O–H groups in total. The fourth-order valence-electron chi connectivity index (χ4n) is 2.82. The van der Waals surface area contributed by atoms with Crippen LogP contribution in [0, 0.1) is 0 Å². The summed E-state index contributed by atoms with van der Waals surface area (Å²) in [6, 6.07) is 7.34. The largest absolute Gasteiger partial charge is 0.490 e. The Morgan fingerprint density at radius 1 is 1.22 bits per heavy atom. The van der Waals surface area contributed by atoms with Crippen LogP contribution in [-0.2, 0) is 14.3 Å². The van der Waals surface area contributed by atoms with Gasteiger partial charge in [0.15, 0.2) is 0 Å². The van der Waals surface area contributed by atoms with Gasteiger partial charge in [0, 0.05) is 69.4 Å². The van der Waals surface area contributed by atoms with Crippen molar-refractivity contribution in [2.45, 2.75) is 19.0 Å². The van der Waals surface area contributed by atoms with E-state index < -0.39 is 12.1 Å². The summed E-state index contributed by atoms with van der Waals surface area (Å²) >= 11 is 3.40. The summed E-state index contributed by atoms with van der Waals surface area (Å²) in [5.74, 6) is -2.70. The van der Waals surface area contributed by atoms with E-state index in [1.54, 1.807) is 18.1 Å². The van der Waals surface area contributed by atoms with Crippen molar-refractivity contribution in [2.24, 2.45) is 0 Å². The minimum absolute atomic E-state index is 0.0505.